The summed E-state index contributed by atoms with van der Waals surface area (Å²) in [5, 5.41) is 28.5. The van der Waals surface area contributed by atoms with Crippen molar-refractivity contribution in [2.24, 2.45) is 0 Å². The normalized spacial score (nSPS) is 41.3. The van der Waals surface area contributed by atoms with Gasteiger partial charge >= 0.3 is 0 Å². The number of halogens is 1. The third-order valence-electron chi connectivity index (χ3n) is 2.13. The quantitative estimate of drug-likeness (QED) is 0.348. The van der Waals surface area contributed by atoms with Gasteiger partial charge in [-0.3, -0.25) is 4.79 Å². The minimum Gasteiger partial charge on any atom is -0.394 e. The summed E-state index contributed by atoms with van der Waals surface area (Å²) in [5.41, 5.74) is 0. The van der Waals surface area contributed by atoms with Crippen molar-refractivity contribution < 1.29 is 24.9 Å². The second-order valence-electron chi connectivity index (χ2n) is 3.51. The van der Waals surface area contributed by atoms with E-state index >= 15 is 0 Å². The number of rotatable bonds is 2. The molecule has 6 nitrogen and oxygen atoms in total. The van der Waals surface area contributed by atoms with Crippen LogP contribution in [-0.2, 0) is 9.53 Å². The first-order valence-electron chi connectivity index (χ1n) is 4.50. The van der Waals surface area contributed by atoms with E-state index in [1.54, 1.807) is 0 Å². The number of aliphatic hydroxyl groups excluding tert-OH is 3. The Kier molecular flexibility index (Phi) is 3.91. The predicted octanol–water partition coefficient (Wildman–Crippen LogP) is -1.48. The molecule has 4 N–H and O–H groups in total. The lowest BCUT2D eigenvalue weighted by molar-refractivity contribution is -0.204. The summed E-state index contributed by atoms with van der Waals surface area (Å²) in [6, 6.07) is 0. The summed E-state index contributed by atoms with van der Waals surface area (Å²) in [6.07, 6.45) is -3.53. The zero-order valence-corrected chi connectivity index (χ0v) is 8.94. The average molecular weight is 240 g/mol. The van der Waals surface area contributed by atoms with Gasteiger partial charge in [0.1, 0.15) is 12.2 Å². The van der Waals surface area contributed by atoms with Gasteiger partial charge in [0.15, 0.2) is 0 Å². The number of hydrogen-bond acceptors (Lipinski definition) is 5. The van der Waals surface area contributed by atoms with E-state index < -0.39 is 36.0 Å². The van der Waals surface area contributed by atoms with Gasteiger partial charge in [-0.1, -0.05) is 11.6 Å². The molecule has 1 saturated heterocycles. The topological polar surface area (TPSA) is 99.0 Å². The van der Waals surface area contributed by atoms with E-state index in [2.05, 4.69) is 5.32 Å². The van der Waals surface area contributed by atoms with E-state index in [1.165, 1.54) is 6.92 Å². The highest BCUT2D eigenvalue weighted by Gasteiger charge is 2.45. The van der Waals surface area contributed by atoms with Gasteiger partial charge in [0, 0.05) is 13.3 Å². The maximum atomic E-state index is 10.8. The molecule has 0 bridgehead atoms. The number of alkyl halides is 1. The molecule has 4 atom stereocenters. The molecule has 0 aromatic heterocycles. The fourth-order valence-corrected chi connectivity index (χ4v) is 1.89. The average Bonchev–Trinajstić information content (AvgIpc) is 2.09. The van der Waals surface area contributed by atoms with Crippen molar-refractivity contribution >= 4 is 17.5 Å². The standard InChI is InChI=1S/C8H14ClNO5/c1-4(12)10-8(9)2-5(13)7(14)6(3-11)15-8/h5-7,11,13-14H,2-3H2,1H3,(H,10,12)/t5-,6-,7+,8-/m1/s1. The minimum atomic E-state index is -1.57. The van der Waals surface area contributed by atoms with Crippen LogP contribution in [0.5, 0.6) is 0 Å². The van der Waals surface area contributed by atoms with Gasteiger partial charge in [0.05, 0.1) is 12.7 Å². The Bertz CT molecular complexity index is 251. The molecule has 15 heavy (non-hydrogen) atoms. The molecule has 1 aliphatic heterocycles. The van der Waals surface area contributed by atoms with Gasteiger partial charge in [-0.05, 0) is 0 Å². The number of carbonyl (C=O) groups is 1. The fourth-order valence-electron chi connectivity index (χ4n) is 1.48. The Morgan fingerprint density at radius 2 is 2.27 bits per heavy atom. The second kappa shape index (κ2) is 4.63. The zero-order chi connectivity index (χ0) is 11.6. The minimum absolute atomic E-state index is 0.147. The van der Waals surface area contributed by atoms with Gasteiger partial charge < -0.3 is 25.4 Å². The van der Waals surface area contributed by atoms with Crippen molar-refractivity contribution in [1.82, 2.24) is 5.32 Å². The van der Waals surface area contributed by atoms with Crippen LogP contribution in [0.3, 0.4) is 0 Å². The molecule has 0 aromatic rings. The number of amides is 1. The van der Waals surface area contributed by atoms with E-state index in [-0.39, 0.29) is 6.42 Å². The lowest BCUT2D eigenvalue weighted by atomic mass is 10.0. The Morgan fingerprint density at radius 3 is 2.73 bits per heavy atom. The van der Waals surface area contributed by atoms with Crippen molar-refractivity contribution in [3.63, 3.8) is 0 Å². The first-order valence-corrected chi connectivity index (χ1v) is 4.88. The Labute approximate surface area is 91.8 Å². The van der Waals surface area contributed by atoms with Crippen molar-refractivity contribution in [3.8, 4) is 0 Å². The SMILES string of the molecule is CC(=O)N[C@]1(Cl)C[C@@H](O)[C@H](O)[C@@H](CO)O1. The fraction of sp³-hybridized carbons (Fsp3) is 0.875. The lowest BCUT2D eigenvalue weighted by Crippen LogP contribution is -2.59. The van der Waals surface area contributed by atoms with Crippen molar-refractivity contribution in [2.45, 2.75) is 36.8 Å². The molecule has 1 fully saturated rings. The molecule has 1 aliphatic rings. The first-order chi connectivity index (χ1) is 6.88. The van der Waals surface area contributed by atoms with Crippen LogP contribution in [0.2, 0.25) is 0 Å². The molecule has 0 spiro atoms. The van der Waals surface area contributed by atoms with E-state index in [4.69, 9.17) is 21.4 Å². The summed E-state index contributed by atoms with van der Waals surface area (Å²) in [7, 11) is 0. The van der Waals surface area contributed by atoms with Crippen LogP contribution < -0.4 is 5.32 Å². The van der Waals surface area contributed by atoms with Crippen molar-refractivity contribution in [3.05, 3.63) is 0 Å². The highest BCUT2D eigenvalue weighted by molar-refractivity contribution is 6.23. The smallest absolute Gasteiger partial charge is 0.221 e. The number of nitrogens with one attached hydrogen (secondary N) is 1. The van der Waals surface area contributed by atoms with Crippen LogP contribution in [0, 0.1) is 0 Å². The second-order valence-corrected chi connectivity index (χ2v) is 4.12. The largest absolute Gasteiger partial charge is 0.394 e. The van der Waals surface area contributed by atoms with Gasteiger partial charge in [-0.25, -0.2) is 0 Å². The van der Waals surface area contributed by atoms with E-state index in [1.807, 2.05) is 0 Å². The van der Waals surface area contributed by atoms with Crippen LogP contribution in [-0.4, -0.2) is 51.3 Å². The molecule has 0 radical (unpaired) electrons. The number of carbonyl (C=O) groups excluding carboxylic acids is 1. The van der Waals surface area contributed by atoms with E-state index in [0.717, 1.165) is 0 Å². The molecule has 0 unspecified atom stereocenters. The monoisotopic (exact) mass is 239 g/mol. The molecular formula is C8H14ClNO5. The molecule has 0 saturated carbocycles. The summed E-state index contributed by atoms with van der Waals surface area (Å²) in [6.45, 7) is 0.755. The van der Waals surface area contributed by atoms with Gasteiger partial charge in [-0.2, -0.15) is 0 Å². The Balaban J connectivity index is 2.73. The number of ether oxygens (including phenoxy) is 1. The summed E-state index contributed by atoms with van der Waals surface area (Å²) >= 11 is 5.87. The molecule has 7 heteroatoms. The number of hydrogen-bond donors (Lipinski definition) is 4. The van der Waals surface area contributed by atoms with E-state index in [9.17, 15) is 15.0 Å². The Morgan fingerprint density at radius 1 is 1.67 bits per heavy atom. The number of aliphatic hydroxyl groups is 3. The van der Waals surface area contributed by atoms with Crippen molar-refractivity contribution in [2.75, 3.05) is 6.61 Å². The van der Waals surface area contributed by atoms with Gasteiger partial charge in [0.2, 0.25) is 11.1 Å². The molecule has 1 amide bonds. The molecule has 1 rings (SSSR count). The summed E-state index contributed by atoms with van der Waals surface area (Å²) in [4.78, 5) is 10.8. The molecule has 1 heterocycles. The van der Waals surface area contributed by atoms with E-state index in [0.29, 0.717) is 0 Å². The van der Waals surface area contributed by atoms with Crippen LogP contribution >= 0.6 is 11.6 Å². The predicted molar refractivity (Wildman–Crippen MR) is 51.0 cm³/mol. The zero-order valence-electron chi connectivity index (χ0n) is 8.18. The molecular weight excluding hydrogens is 226 g/mol. The van der Waals surface area contributed by atoms with Crippen LogP contribution in [0.15, 0.2) is 0 Å². The maximum absolute atomic E-state index is 10.8. The first kappa shape index (κ1) is 12.7. The molecule has 0 aliphatic carbocycles. The van der Waals surface area contributed by atoms with Crippen LogP contribution in [0.25, 0.3) is 0 Å². The summed E-state index contributed by atoms with van der Waals surface area (Å²) in [5.74, 6) is -0.426. The molecule has 88 valence electrons. The van der Waals surface area contributed by atoms with Gasteiger partial charge in [0.25, 0.3) is 0 Å². The lowest BCUT2D eigenvalue weighted by Gasteiger charge is -2.41. The highest BCUT2D eigenvalue weighted by Crippen LogP contribution is 2.30. The van der Waals surface area contributed by atoms with Crippen molar-refractivity contribution in [1.29, 1.82) is 0 Å². The maximum Gasteiger partial charge on any atom is 0.221 e. The third kappa shape index (κ3) is 3.02. The van der Waals surface area contributed by atoms with Gasteiger partial charge in [-0.15, -0.1) is 0 Å². The van der Waals surface area contributed by atoms with Crippen LogP contribution in [0.1, 0.15) is 13.3 Å². The van der Waals surface area contributed by atoms with Crippen LogP contribution in [0.4, 0.5) is 0 Å². The Hall–Kier alpha value is -0.400. The summed E-state index contributed by atoms with van der Waals surface area (Å²) < 4.78 is 5.09. The molecule has 0 aromatic carbocycles. The third-order valence-corrected chi connectivity index (χ3v) is 2.47. The highest BCUT2D eigenvalue weighted by atomic mass is 35.5.